The minimum Gasteiger partial charge on any atom is -0.395 e. The Kier molecular flexibility index (Phi) is 6.63. The van der Waals surface area contributed by atoms with Gasteiger partial charge in [-0.15, -0.1) is 0 Å². The minimum absolute atomic E-state index is 0.0239. The predicted molar refractivity (Wildman–Crippen MR) is 103 cm³/mol. The first-order valence-corrected chi connectivity index (χ1v) is 10.1. The van der Waals surface area contributed by atoms with Crippen molar-refractivity contribution in [1.29, 1.82) is 0 Å². The van der Waals surface area contributed by atoms with E-state index in [1.54, 1.807) is 0 Å². The number of aliphatic hydroxyl groups excluding tert-OH is 1. The zero-order valence-corrected chi connectivity index (χ0v) is 16.3. The number of hydrogen-bond donors (Lipinski definition) is 2. The van der Waals surface area contributed by atoms with Gasteiger partial charge in [0.25, 0.3) is 0 Å². The van der Waals surface area contributed by atoms with Crippen LogP contribution in [0.3, 0.4) is 0 Å². The van der Waals surface area contributed by atoms with Crippen LogP contribution in [0.1, 0.15) is 29.7 Å². The van der Waals surface area contributed by atoms with Gasteiger partial charge in [0.2, 0.25) is 5.91 Å². The average Bonchev–Trinajstić information content (AvgIpc) is 2.68. The molecule has 0 unspecified atom stereocenters. The summed E-state index contributed by atoms with van der Waals surface area (Å²) in [5.41, 5.74) is 0.805. The smallest absolute Gasteiger partial charge is 0.395 e. The van der Waals surface area contributed by atoms with Crippen molar-refractivity contribution in [3.05, 3.63) is 51.6 Å². The van der Waals surface area contributed by atoms with Gasteiger partial charge in [-0.1, -0.05) is 11.8 Å². The van der Waals surface area contributed by atoms with Crippen LogP contribution in [0.15, 0.2) is 34.1 Å². The van der Waals surface area contributed by atoms with Gasteiger partial charge in [0.15, 0.2) is 0 Å². The number of alkyl halides is 3. The standard InChI is InChI=1S/C19H20F3N3O3S/c20-19(21,22)12-5-7-13(8-6-12)23-16(27)11-29-17-14-3-1-2-4-15(14)25(9-10-26)18(28)24-17/h5-8,26H,1-4,9-11H2,(H,23,27). The average molecular weight is 427 g/mol. The number of thioether (sulfide) groups is 1. The maximum Gasteiger partial charge on any atom is 0.416 e. The van der Waals surface area contributed by atoms with Gasteiger partial charge < -0.3 is 10.4 Å². The van der Waals surface area contributed by atoms with Crippen molar-refractivity contribution in [3.63, 3.8) is 0 Å². The molecule has 0 spiro atoms. The van der Waals surface area contributed by atoms with E-state index in [0.29, 0.717) is 5.03 Å². The highest BCUT2D eigenvalue weighted by molar-refractivity contribution is 8.00. The molecule has 2 aromatic rings. The van der Waals surface area contributed by atoms with Crippen molar-refractivity contribution in [2.75, 3.05) is 17.7 Å². The van der Waals surface area contributed by atoms with Gasteiger partial charge in [-0.2, -0.15) is 18.2 Å². The lowest BCUT2D eigenvalue weighted by Gasteiger charge is -2.22. The van der Waals surface area contributed by atoms with Crippen LogP contribution in [0, 0.1) is 0 Å². The van der Waals surface area contributed by atoms with Crippen LogP contribution < -0.4 is 11.0 Å². The molecule has 0 saturated heterocycles. The van der Waals surface area contributed by atoms with E-state index in [1.165, 1.54) is 16.7 Å². The van der Waals surface area contributed by atoms with Crippen LogP contribution in [0.25, 0.3) is 0 Å². The number of hydrogen-bond acceptors (Lipinski definition) is 5. The number of amides is 1. The van der Waals surface area contributed by atoms with Crippen LogP contribution in [-0.4, -0.2) is 32.9 Å². The molecular formula is C19H20F3N3O3S. The Morgan fingerprint density at radius 3 is 2.55 bits per heavy atom. The summed E-state index contributed by atoms with van der Waals surface area (Å²) in [5, 5.41) is 12.2. The molecule has 0 radical (unpaired) electrons. The van der Waals surface area contributed by atoms with Gasteiger partial charge in [-0.3, -0.25) is 9.36 Å². The summed E-state index contributed by atoms with van der Waals surface area (Å²) in [4.78, 5) is 28.6. The fourth-order valence-electron chi connectivity index (χ4n) is 3.27. The lowest BCUT2D eigenvalue weighted by molar-refractivity contribution is -0.137. The topological polar surface area (TPSA) is 84.2 Å². The second kappa shape index (κ2) is 9.00. The van der Waals surface area contributed by atoms with Crippen molar-refractivity contribution in [2.24, 2.45) is 0 Å². The molecule has 1 amide bonds. The van der Waals surface area contributed by atoms with Gasteiger partial charge in [-0.05, 0) is 49.9 Å². The molecule has 0 atom stereocenters. The second-order valence-corrected chi connectivity index (χ2v) is 7.58. The third-order valence-corrected chi connectivity index (χ3v) is 5.63. The van der Waals surface area contributed by atoms with Gasteiger partial charge in [-0.25, -0.2) is 4.79 Å². The molecule has 1 aliphatic rings. The van der Waals surface area contributed by atoms with E-state index in [1.807, 2.05) is 0 Å². The summed E-state index contributed by atoms with van der Waals surface area (Å²) in [5.74, 6) is -0.426. The highest BCUT2D eigenvalue weighted by atomic mass is 32.2. The molecule has 1 aromatic heterocycles. The molecule has 0 saturated carbocycles. The first kappa shape index (κ1) is 21.4. The van der Waals surface area contributed by atoms with E-state index in [-0.39, 0.29) is 24.6 Å². The molecule has 6 nitrogen and oxygen atoms in total. The number of halogens is 3. The molecule has 29 heavy (non-hydrogen) atoms. The van der Waals surface area contributed by atoms with Crippen LogP contribution in [0.4, 0.5) is 18.9 Å². The fraction of sp³-hybridized carbons (Fsp3) is 0.421. The van der Waals surface area contributed by atoms with Gasteiger partial charge in [0.05, 0.1) is 24.5 Å². The molecule has 3 rings (SSSR count). The Balaban J connectivity index is 1.69. The van der Waals surface area contributed by atoms with E-state index in [4.69, 9.17) is 0 Å². The number of aromatic nitrogens is 2. The summed E-state index contributed by atoms with van der Waals surface area (Å²) in [7, 11) is 0. The zero-order valence-electron chi connectivity index (χ0n) is 15.5. The van der Waals surface area contributed by atoms with Crippen molar-refractivity contribution in [3.8, 4) is 0 Å². The Morgan fingerprint density at radius 2 is 1.90 bits per heavy atom. The molecule has 2 N–H and O–H groups in total. The SMILES string of the molecule is O=C(CSc1nc(=O)n(CCO)c2c1CCCC2)Nc1ccc(C(F)(F)F)cc1. The molecule has 156 valence electrons. The summed E-state index contributed by atoms with van der Waals surface area (Å²) in [6.45, 7) is 0.0313. The monoisotopic (exact) mass is 427 g/mol. The molecule has 10 heteroatoms. The number of nitrogens with one attached hydrogen (secondary N) is 1. The number of rotatable bonds is 6. The Morgan fingerprint density at radius 1 is 1.21 bits per heavy atom. The highest BCUT2D eigenvalue weighted by Crippen LogP contribution is 2.30. The van der Waals surface area contributed by atoms with E-state index in [9.17, 15) is 27.9 Å². The van der Waals surface area contributed by atoms with E-state index >= 15 is 0 Å². The highest BCUT2D eigenvalue weighted by Gasteiger charge is 2.30. The molecule has 1 heterocycles. The first-order chi connectivity index (χ1) is 13.8. The first-order valence-electron chi connectivity index (χ1n) is 9.13. The maximum atomic E-state index is 12.6. The van der Waals surface area contributed by atoms with Gasteiger partial charge in [0, 0.05) is 16.9 Å². The normalized spacial score (nSPS) is 13.8. The quantitative estimate of drug-likeness (QED) is 0.547. The Hall–Kier alpha value is -2.33. The minimum atomic E-state index is -4.43. The summed E-state index contributed by atoms with van der Waals surface area (Å²) < 4.78 is 39.3. The third-order valence-electron chi connectivity index (χ3n) is 4.61. The van der Waals surface area contributed by atoms with Crippen LogP contribution in [-0.2, 0) is 30.4 Å². The van der Waals surface area contributed by atoms with Crippen molar-refractivity contribution in [1.82, 2.24) is 9.55 Å². The van der Waals surface area contributed by atoms with Gasteiger partial charge >= 0.3 is 11.9 Å². The molecule has 1 aromatic carbocycles. The van der Waals surface area contributed by atoms with Gasteiger partial charge in [0.1, 0.15) is 5.03 Å². The summed E-state index contributed by atoms with van der Waals surface area (Å²) in [6.07, 6.45) is -1.06. The van der Waals surface area contributed by atoms with E-state index in [0.717, 1.165) is 60.8 Å². The molecule has 0 fully saturated rings. The molecule has 0 bridgehead atoms. The van der Waals surface area contributed by atoms with E-state index in [2.05, 4.69) is 10.3 Å². The van der Waals surface area contributed by atoms with Crippen molar-refractivity contribution in [2.45, 2.75) is 43.4 Å². The van der Waals surface area contributed by atoms with Crippen molar-refractivity contribution < 1.29 is 23.1 Å². The third kappa shape index (κ3) is 5.18. The number of carbonyl (C=O) groups is 1. The molecular weight excluding hydrogens is 407 g/mol. The number of anilines is 1. The number of carbonyl (C=O) groups excluding carboxylic acids is 1. The number of nitrogens with zero attached hydrogens (tertiary/aromatic N) is 2. The molecule has 1 aliphatic carbocycles. The lowest BCUT2D eigenvalue weighted by Crippen LogP contribution is -2.31. The lowest BCUT2D eigenvalue weighted by atomic mass is 9.97. The van der Waals surface area contributed by atoms with E-state index < -0.39 is 23.3 Å². The fourth-order valence-corrected chi connectivity index (χ4v) is 4.15. The maximum absolute atomic E-state index is 12.6. The van der Waals surface area contributed by atoms with Crippen LogP contribution >= 0.6 is 11.8 Å². The number of fused-ring (bicyclic) bond motifs is 1. The summed E-state index contributed by atoms with van der Waals surface area (Å²) >= 11 is 1.13. The number of benzene rings is 1. The molecule has 0 aliphatic heterocycles. The van der Waals surface area contributed by atoms with Crippen molar-refractivity contribution >= 4 is 23.4 Å². The Labute approximate surface area is 169 Å². The zero-order chi connectivity index (χ0) is 21.0. The largest absolute Gasteiger partial charge is 0.416 e. The second-order valence-electron chi connectivity index (χ2n) is 6.62. The number of aliphatic hydroxyl groups is 1. The van der Waals surface area contributed by atoms with Crippen LogP contribution in [0.5, 0.6) is 0 Å². The van der Waals surface area contributed by atoms with Crippen LogP contribution in [0.2, 0.25) is 0 Å². The summed E-state index contributed by atoms with van der Waals surface area (Å²) in [6, 6.07) is 4.20. The Bertz CT molecular complexity index is 943. The predicted octanol–water partition coefficient (Wildman–Crippen LogP) is 2.86.